The van der Waals surface area contributed by atoms with E-state index in [4.69, 9.17) is 0 Å². The van der Waals surface area contributed by atoms with Crippen LogP contribution in [-0.4, -0.2) is 35.0 Å². The first-order chi connectivity index (χ1) is 8.11. The van der Waals surface area contributed by atoms with Gasteiger partial charge in [-0.2, -0.15) is 0 Å². The van der Waals surface area contributed by atoms with Crippen LogP contribution in [0, 0.1) is 0 Å². The predicted molar refractivity (Wildman–Crippen MR) is 68.0 cm³/mol. The average molecular weight is 237 g/mol. The molecule has 3 N–H and O–H groups in total. The summed E-state index contributed by atoms with van der Waals surface area (Å²) in [5, 5.41) is 8.81. The first-order valence-electron chi connectivity index (χ1n) is 5.71. The zero-order valence-electron chi connectivity index (χ0n) is 10.4. The third-order valence-electron chi connectivity index (χ3n) is 1.90. The van der Waals surface area contributed by atoms with Crippen molar-refractivity contribution < 1.29 is 4.79 Å². The van der Waals surface area contributed by atoms with E-state index < -0.39 is 0 Å². The van der Waals surface area contributed by atoms with Gasteiger partial charge in [0.05, 0.1) is 6.54 Å². The molecule has 1 amide bonds. The number of nitrogens with zero attached hydrogens (tertiary/aromatic N) is 2. The van der Waals surface area contributed by atoms with Gasteiger partial charge >= 0.3 is 0 Å². The molecule has 0 saturated heterocycles. The predicted octanol–water partition coefficient (Wildman–Crippen LogP) is 0.845. The minimum Gasteiger partial charge on any atom is -0.370 e. The van der Waals surface area contributed by atoms with Crippen molar-refractivity contribution in [2.45, 2.75) is 26.8 Å². The Balaban J connectivity index is 2.45. The van der Waals surface area contributed by atoms with Crippen LogP contribution in [0.2, 0.25) is 0 Å². The molecule has 6 heteroatoms. The van der Waals surface area contributed by atoms with Crippen LogP contribution >= 0.6 is 0 Å². The zero-order chi connectivity index (χ0) is 12.7. The van der Waals surface area contributed by atoms with Crippen LogP contribution < -0.4 is 16.0 Å². The monoisotopic (exact) mass is 237 g/mol. The average Bonchev–Trinajstić information content (AvgIpc) is 2.26. The first-order valence-corrected chi connectivity index (χ1v) is 5.71. The largest absolute Gasteiger partial charge is 0.370 e. The number of amides is 1. The second kappa shape index (κ2) is 6.67. The molecule has 1 heterocycles. The fraction of sp³-hybridized carbons (Fsp3) is 0.545. The molecule has 0 aliphatic heterocycles. The summed E-state index contributed by atoms with van der Waals surface area (Å²) in [7, 11) is 0. The highest BCUT2D eigenvalue weighted by atomic mass is 16.1. The molecule has 17 heavy (non-hydrogen) atoms. The summed E-state index contributed by atoms with van der Waals surface area (Å²) in [5.41, 5.74) is 0. The lowest BCUT2D eigenvalue weighted by atomic mass is 10.4. The number of aromatic nitrogens is 2. The fourth-order valence-electron chi connectivity index (χ4n) is 1.28. The van der Waals surface area contributed by atoms with Gasteiger partial charge < -0.3 is 16.0 Å². The van der Waals surface area contributed by atoms with E-state index in [1.54, 1.807) is 6.07 Å². The Labute approximate surface area is 101 Å². The normalized spacial score (nSPS) is 10.1. The lowest BCUT2D eigenvalue weighted by molar-refractivity contribution is -0.119. The van der Waals surface area contributed by atoms with Crippen LogP contribution in [0.15, 0.2) is 12.4 Å². The van der Waals surface area contributed by atoms with E-state index in [1.807, 2.05) is 20.8 Å². The SMILES string of the molecule is CCNc1cc(NCC(=O)NC(C)C)ncn1. The Morgan fingerprint density at radius 3 is 2.53 bits per heavy atom. The third-order valence-corrected chi connectivity index (χ3v) is 1.90. The molecule has 1 aromatic rings. The Morgan fingerprint density at radius 1 is 1.29 bits per heavy atom. The highest BCUT2D eigenvalue weighted by Gasteiger charge is 2.03. The summed E-state index contributed by atoms with van der Waals surface area (Å²) >= 11 is 0. The van der Waals surface area contributed by atoms with E-state index in [0.29, 0.717) is 5.82 Å². The minimum atomic E-state index is -0.0522. The van der Waals surface area contributed by atoms with Gasteiger partial charge in [0.15, 0.2) is 0 Å². The van der Waals surface area contributed by atoms with Crippen LogP contribution in [-0.2, 0) is 4.79 Å². The molecule has 0 spiro atoms. The Morgan fingerprint density at radius 2 is 1.94 bits per heavy atom. The van der Waals surface area contributed by atoms with E-state index >= 15 is 0 Å². The Kier molecular flexibility index (Phi) is 5.19. The molecule has 1 aromatic heterocycles. The van der Waals surface area contributed by atoms with Crippen molar-refractivity contribution in [1.29, 1.82) is 0 Å². The summed E-state index contributed by atoms with van der Waals surface area (Å²) in [6.07, 6.45) is 1.46. The molecular formula is C11H19N5O. The number of rotatable bonds is 6. The van der Waals surface area contributed by atoms with Crippen molar-refractivity contribution in [2.75, 3.05) is 23.7 Å². The quantitative estimate of drug-likeness (QED) is 0.683. The summed E-state index contributed by atoms with van der Waals surface area (Å²) in [6.45, 7) is 6.84. The van der Waals surface area contributed by atoms with Gasteiger partial charge in [0.25, 0.3) is 0 Å². The Hall–Kier alpha value is -1.85. The number of nitrogens with one attached hydrogen (secondary N) is 3. The van der Waals surface area contributed by atoms with Gasteiger partial charge in [0, 0.05) is 18.7 Å². The molecule has 1 rings (SSSR count). The topological polar surface area (TPSA) is 78.9 Å². The fourth-order valence-corrected chi connectivity index (χ4v) is 1.28. The third kappa shape index (κ3) is 5.14. The molecule has 0 radical (unpaired) electrons. The van der Waals surface area contributed by atoms with Crippen molar-refractivity contribution >= 4 is 17.5 Å². The molecule has 0 saturated carbocycles. The summed E-state index contributed by atoms with van der Waals surface area (Å²) in [6, 6.07) is 1.92. The molecule has 0 unspecified atom stereocenters. The first kappa shape index (κ1) is 13.2. The maximum atomic E-state index is 11.4. The second-order valence-electron chi connectivity index (χ2n) is 3.89. The molecule has 0 bridgehead atoms. The van der Waals surface area contributed by atoms with Crippen LogP contribution in [0.4, 0.5) is 11.6 Å². The molecule has 0 atom stereocenters. The zero-order valence-corrected chi connectivity index (χ0v) is 10.4. The van der Waals surface area contributed by atoms with Crippen LogP contribution in [0.5, 0.6) is 0 Å². The number of carbonyl (C=O) groups is 1. The van der Waals surface area contributed by atoms with Gasteiger partial charge in [-0.3, -0.25) is 4.79 Å². The van der Waals surface area contributed by atoms with Crippen molar-refractivity contribution in [1.82, 2.24) is 15.3 Å². The van der Waals surface area contributed by atoms with Crippen LogP contribution in [0.1, 0.15) is 20.8 Å². The molecule has 94 valence electrons. The molecular weight excluding hydrogens is 218 g/mol. The van der Waals surface area contributed by atoms with Gasteiger partial charge in [-0.15, -0.1) is 0 Å². The van der Waals surface area contributed by atoms with E-state index in [2.05, 4.69) is 25.9 Å². The van der Waals surface area contributed by atoms with E-state index in [-0.39, 0.29) is 18.5 Å². The maximum absolute atomic E-state index is 11.4. The summed E-state index contributed by atoms with van der Waals surface area (Å²) in [4.78, 5) is 19.5. The van der Waals surface area contributed by atoms with Gasteiger partial charge in [-0.1, -0.05) is 0 Å². The highest BCUT2D eigenvalue weighted by Crippen LogP contribution is 2.07. The standard InChI is InChI=1S/C11H19N5O/c1-4-12-9-5-10(15-7-14-9)13-6-11(17)16-8(2)3/h5,7-8H,4,6H2,1-3H3,(H,16,17)(H2,12,13,14,15). The number of hydrogen-bond acceptors (Lipinski definition) is 5. The second-order valence-corrected chi connectivity index (χ2v) is 3.89. The lowest BCUT2D eigenvalue weighted by Crippen LogP contribution is -2.34. The number of carbonyl (C=O) groups excluding carboxylic acids is 1. The molecule has 0 aromatic carbocycles. The summed E-state index contributed by atoms with van der Waals surface area (Å²) in [5.74, 6) is 1.33. The Bertz CT molecular complexity index is 367. The van der Waals surface area contributed by atoms with Crippen LogP contribution in [0.25, 0.3) is 0 Å². The highest BCUT2D eigenvalue weighted by molar-refractivity contribution is 5.80. The van der Waals surface area contributed by atoms with E-state index in [9.17, 15) is 4.79 Å². The van der Waals surface area contributed by atoms with Gasteiger partial charge in [-0.05, 0) is 20.8 Å². The molecule has 0 aliphatic rings. The molecule has 6 nitrogen and oxygen atoms in total. The van der Waals surface area contributed by atoms with Crippen molar-refractivity contribution in [3.63, 3.8) is 0 Å². The van der Waals surface area contributed by atoms with Gasteiger partial charge in [0.2, 0.25) is 5.91 Å². The number of anilines is 2. The maximum Gasteiger partial charge on any atom is 0.239 e. The van der Waals surface area contributed by atoms with Crippen molar-refractivity contribution in [3.8, 4) is 0 Å². The van der Waals surface area contributed by atoms with E-state index in [1.165, 1.54) is 6.33 Å². The van der Waals surface area contributed by atoms with Crippen molar-refractivity contribution in [3.05, 3.63) is 12.4 Å². The van der Waals surface area contributed by atoms with Crippen molar-refractivity contribution in [2.24, 2.45) is 0 Å². The lowest BCUT2D eigenvalue weighted by Gasteiger charge is -2.10. The smallest absolute Gasteiger partial charge is 0.239 e. The van der Waals surface area contributed by atoms with Gasteiger partial charge in [0.1, 0.15) is 18.0 Å². The van der Waals surface area contributed by atoms with Crippen LogP contribution in [0.3, 0.4) is 0 Å². The van der Waals surface area contributed by atoms with E-state index in [0.717, 1.165) is 12.4 Å². The summed E-state index contributed by atoms with van der Waals surface area (Å²) < 4.78 is 0. The molecule has 0 fully saturated rings. The molecule has 0 aliphatic carbocycles. The van der Waals surface area contributed by atoms with Gasteiger partial charge in [-0.25, -0.2) is 9.97 Å². The minimum absolute atomic E-state index is 0.0522. The number of hydrogen-bond donors (Lipinski definition) is 3.